The summed E-state index contributed by atoms with van der Waals surface area (Å²) in [6, 6.07) is 9.24. The van der Waals surface area contributed by atoms with Gasteiger partial charge in [0.05, 0.1) is 4.92 Å². The first-order chi connectivity index (χ1) is 12.9. The Morgan fingerprint density at radius 2 is 2.00 bits per heavy atom. The van der Waals surface area contributed by atoms with Crippen LogP contribution in [0.4, 0.5) is 5.69 Å². The lowest BCUT2D eigenvalue weighted by Gasteiger charge is -2.05. The van der Waals surface area contributed by atoms with E-state index in [0.29, 0.717) is 5.56 Å². The second kappa shape index (κ2) is 7.59. The van der Waals surface area contributed by atoms with Gasteiger partial charge in [-0.2, -0.15) is 0 Å². The topological polar surface area (TPSA) is 102 Å². The van der Waals surface area contributed by atoms with Crippen molar-refractivity contribution in [1.82, 2.24) is 4.98 Å². The molecule has 8 heteroatoms. The quantitative estimate of drug-likeness (QED) is 0.294. The van der Waals surface area contributed by atoms with Crippen LogP contribution in [0.1, 0.15) is 33.2 Å². The van der Waals surface area contributed by atoms with Crippen LogP contribution in [-0.4, -0.2) is 28.3 Å². The first-order valence-corrected chi connectivity index (χ1v) is 8.53. The van der Waals surface area contributed by atoms with Gasteiger partial charge in [-0.25, -0.2) is 4.79 Å². The Morgan fingerprint density at radius 3 is 2.70 bits per heavy atom. The van der Waals surface area contributed by atoms with E-state index < -0.39 is 29.0 Å². The molecule has 0 fully saturated rings. The normalized spacial score (nSPS) is 10.7. The van der Waals surface area contributed by atoms with Crippen molar-refractivity contribution in [2.24, 2.45) is 0 Å². The number of carbonyl (C=O) groups excluding carboxylic acids is 2. The van der Waals surface area contributed by atoms with E-state index in [1.807, 2.05) is 25.1 Å². The Hall–Kier alpha value is -3.19. The molecule has 7 nitrogen and oxygen atoms in total. The first kappa shape index (κ1) is 18.6. The number of Topliss-reactive ketones (excluding diaryl/α,β-unsaturated/α-hetero) is 1. The number of rotatable bonds is 6. The number of aromatic nitrogens is 1. The molecule has 0 aliphatic carbocycles. The van der Waals surface area contributed by atoms with Gasteiger partial charge in [0.1, 0.15) is 5.56 Å². The zero-order valence-corrected chi connectivity index (χ0v) is 15.1. The van der Waals surface area contributed by atoms with Gasteiger partial charge in [0.15, 0.2) is 6.61 Å². The third-order valence-electron chi connectivity index (χ3n) is 4.19. The second-order valence-corrected chi connectivity index (χ2v) is 6.25. The maximum absolute atomic E-state index is 12.5. The van der Waals surface area contributed by atoms with Crippen molar-refractivity contribution in [3.63, 3.8) is 0 Å². The minimum absolute atomic E-state index is 0.125. The number of esters is 1. The van der Waals surface area contributed by atoms with E-state index in [2.05, 4.69) is 4.98 Å². The van der Waals surface area contributed by atoms with E-state index in [4.69, 9.17) is 16.3 Å². The van der Waals surface area contributed by atoms with Gasteiger partial charge in [0, 0.05) is 33.8 Å². The van der Waals surface area contributed by atoms with Gasteiger partial charge in [-0.15, -0.1) is 0 Å². The lowest BCUT2D eigenvalue weighted by Crippen LogP contribution is -2.15. The Balaban J connectivity index is 1.79. The number of para-hydroxylation sites is 1. The van der Waals surface area contributed by atoms with Gasteiger partial charge in [0.2, 0.25) is 5.78 Å². The van der Waals surface area contributed by atoms with Crippen LogP contribution in [0.3, 0.4) is 0 Å². The molecule has 1 heterocycles. The molecule has 0 spiro atoms. The van der Waals surface area contributed by atoms with Gasteiger partial charge >= 0.3 is 5.97 Å². The summed E-state index contributed by atoms with van der Waals surface area (Å²) in [6.45, 7) is 1.49. The molecule has 0 amide bonds. The maximum atomic E-state index is 12.5. The standard InChI is InChI=1S/C19H15ClN2O5/c1-2-11-4-3-5-13-15(9-21-18(11)13)17(23)10-27-19(24)14-7-6-12(20)8-16(14)22(25)26/h3-9,21H,2,10H2,1H3. The number of hydrogen-bond acceptors (Lipinski definition) is 5. The summed E-state index contributed by atoms with van der Waals surface area (Å²) >= 11 is 5.73. The van der Waals surface area contributed by atoms with Crippen LogP contribution < -0.4 is 0 Å². The molecule has 27 heavy (non-hydrogen) atoms. The summed E-state index contributed by atoms with van der Waals surface area (Å²) in [5.41, 5.74) is 1.60. The number of benzene rings is 2. The first-order valence-electron chi connectivity index (χ1n) is 8.15. The molecule has 1 aromatic heterocycles. The molecule has 0 aliphatic rings. The van der Waals surface area contributed by atoms with Crippen molar-refractivity contribution in [2.45, 2.75) is 13.3 Å². The van der Waals surface area contributed by atoms with Crippen molar-refractivity contribution < 1.29 is 19.2 Å². The molecule has 0 atom stereocenters. The highest BCUT2D eigenvalue weighted by Gasteiger charge is 2.23. The number of nitrogens with zero attached hydrogens (tertiary/aromatic N) is 1. The summed E-state index contributed by atoms with van der Waals surface area (Å²) in [5, 5.41) is 11.9. The minimum atomic E-state index is -0.958. The number of nitrogens with one attached hydrogen (secondary N) is 1. The second-order valence-electron chi connectivity index (χ2n) is 5.81. The van der Waals surface area contributed by atoms with Crippen LogP contribution in [0, 0.1) is 10.1 Å². The van der Waals surface area contributed by atoms with Gasteiger partial charge in [-0.3, -0.25) is 14.9 Å². The molecule has 138 valence electrons. The molecule has 0 unspecified atom stereocenters. The fraction of sp³-hybridized carbons (Fsp3) is 0.158. The van der Waals surface area contributed by atoms with E-state index in [1.165, 1.54) is 12.1 Å². The number of fused-ring (bicyclic) bond motifs is 1. The van der Waals surface area contributed by atoms with Crippen LogP contribution in [0.5, 0.6) is 0 Å². The molecular formula is C19H15ClN2O5. The van der Waals surface area contributed by atoms with Crippen LogP contribution >= 0.6 is 11.6 Å². The zero-order chi connectivity index (χ0) is 19.6. The predicted octanol–water partition coefficient (Wildman–Crippen LogP) is 4.33. The molecule has 3 rings (SSSR count). The summed E-state index contributed by atoms with van der Waals surface area (Å²) in [7, 11) is 0. The number of ether oxygens (including phenoxy) is 1. The molecule has 0 saturated heterocycles. The Morgan fingerprint density at radius 1 is 1.22 bits per heavy atom. The van der Waals surface area contributed by atoms with E-state index in [-0.39, 0.29) is 10.6 Å². The number of ketones is 1. The van der Waals surface area contributed by atoms with Gasteiger partial charge in [-0.05, 0) is 24.1 Å². The Labute approximate surface area is 159 Å². The van der Waals surface area contributed by atoms with E-state index in [9.17, 15) is 19.7 Å². The molecule has 0 aliphatic heterocycles. The minimum Gasteiger partial charge on any atom is -0.454 e. The number of hydrogen-bond donors (Lipinski definition) is 1. The summed E-state index contributed by atoms with van der Waals surface area (Å²) in [6.07, 6.45) is 2.38. The van der Waals surface area contributed by atoms with Crippen LogP contribution in [0.25, 0.3) is 10.9 Å². The molecular weight excluding hydrogens is 372 g/mol. The highest BCUT2D eigenvalue weighted by atomic mass is 35.5. The molecule has 0 bridgehead atoms. The average Bonchev–Trinajstić information content (AvgIpc) is 3.10. The van der Waals surface area contributed by atoms with Crippen molar-refractivity contribution in [2.75, 3.05) is 6.61 Å². The monoisotopic (exact) mass is 386 g/mol. The zero-order valence-electron chi connectivity index (χ0n) is 14.3. The SMILES string of the molecule is CCc1cccc2c(C(=O)COC(=O)c3ccc(Cl)cc3[N+](=O)[O-])c[nH]c12. The number of aromatic amines is 1. The molecule has 0 radical (unpaired) electrons. The number of nitro benzene ring substituents is 1. The van der Waals surface area contributed by atoms with E-state index >= 15 is 0 Å². The maximum Gasteiger partial charge on any atom is 0.345 e. The number of H-pyrrole nitrogens is 1. The smallest absolute Gasteiger partial charge is 0.345 e. The van der Waals surface area contributed by atoms with Crippen LogP contribution in [-0.2, 0) is 11.2 Å². The van der Waals surface area contributed by atoms with Gasteiger partial charge in [-0.1, -0.05) is 36.7 Å². The highest BCUT2D eigenvalue weighted by Crippen LogP contribution is 2.25. The number of carbonyl (C=O) groups is 2. The highest BCUT2D eigenvalue weighted by molar-refractivity contribution is 6.31. The molecule has 2 aromatic carbocycles. The number of nitro groups is 1. The van der Waals surface area contributed by atoms with Crippen molar-refractivity contribution in [1.29, 1.82) is 0 Å². The van der Waals surface area contributed by atoms with Crippen LogP contribution in [0.2, 0.25) is 5.02 Å². The molecule has 0 saturated carbocycles. The van der Waals surface area contributed by atoms with Crippen molar-refractivity contribution >= 4 is 39.9 Å². The van der Waals surface area contributed by atoms with Gasteiger partial charge in [0.25, 0.3) is 5.69 Å². The Bertz CT molecular complexity index is 1060. The van der Waals surface area contributed by atoms with Crippen LogP contribution in [0.15, 0.2) is 42.6 Å². The van der Waals surface area contributed by atoms with Crippen molar-refractivity contribution in [3.8, 4) is 0 Å². The predicted molar refractivity (Wildman–Crippen MR) is 100 cm³/mol. The number of halogens is 1. The fourth-order valence-electron chi connectivity index (χ4n) is 2.86. The summed E-state index contributed by atoms with van der Waals surface area (Å²) in [4.78, 5) is 38.1. The summed E-state index contributed by atoms with van der Waals surface area (Å²) < 4.78 is 5.00. The lowest BCUT2D eigenvalue weighted by atomic mass is 10.1. The largest absolute Gasteiger partial charge is 0.454 e. The van der Waals surface area contributed by atoms with E-state index in [1.54, 1.807) is 6.20 Å². The summed E-state index contributed by atoms with van der Waals surface area (Å²) in [5.74, 6) is -1.36. The van der Waals surface area contributed by atoms with E-state index in [0.717, 1.165) is 29.0 Å². The molecule has 3 aromatic rings. The lowest BCUT2D eigenvalue weighted by molar-refractivity contribution is -0.385. The third-order valence-corrected chi connectivity index (χ3v) is 4.43. The Kier molecular flexibility index (Phi) is 5.23. The van der Waals surface area contributed by atoms with Gasteiger partial charge < -0.3 is 9.72 Å². The average molecular weight is 387 g/mol. The number of aryl methyl sites for hydroxylation is 1. The molecule has 1 N–H and O–H groups in total. The fourth-order valence-corrected chi connectivity index (χ4v) is 3.02. The third kappa shape index (κ3) is 3.68. The van der Waals surface area contributed by atoms with Crippen molar-refractivity contribution in [3.05, 3.63) is 74.4 Å².